The van der Waals surface area contributed by atoms with E-state index in [1.54, 1.807) is 0 Å². The van der Waals surface area contributed by atoms with E-state index in [0.29, 0.717) is 12.6 Å². The molecule has 168 valence electrons. The third kappa shape index (κ3) is 6.99. The molecule has 31 heavy (non-hydrogen) atoms. The zero-order chi connectivity index (χ0) is 22.2. The Hall–Kier alpha value is -2.55. The normalized spacial score (nSPS) is 22.9. The third-order valence-electron chi connectivity index (χ3n) is 5.92. The summed E-state index contributed by atoms with van der Waals surface area (Å²) in [7, 11) is 0. The van der Waals surface area contributed by atoms with Crippen molar-refractivity contribution in [3.63, 3.8) is 0 Å². The molecule has 0 radical (unpaired) electrons. The van der Waals surface area contributed by atoms with Gasteiger partial charge >= 0.3 is 0 Å². The quantitative estimate of drug-likeness (QED) is 0.624. The molecule has 8 nitrogen and oxygen atoms in total. The van der Waals surface area contributed by atoms with E-state index in [1.165, 1.54) is 5.56 Å². The van der Waals surface area contributed by atoms with Crippen molar-refractivity contribution >= 4 is 12.4 Å². The maximum absolute atomic E-state index is 10.4. The number of ether oxygens (including phenoxy) is 1. The number of hydrogen-bond donors (Lipinski definition) is 3. The molecule has 2 fully saturated rings. The zero-order valence-corrected chi connectivity index (χ0v) is 18.0. The summed E-state index contributed by atoms with van der Waals surface area (Å²) in [6.45, 7) is 5.88. The molecular weight excluding hydrogens is 396 g/mol. The van der Waals surface area contributed by atoms with Crippen LogP contribution in [-0.2, 0) is 22.6 Å². The summed E-state index contributed by atoms with van der Waals surface area (Å²) in [5, 5.41) is 20.6. The maximum Gasteiger partial charge on any atom is 0.290 e. The van der Waals surface area contributed by atoms with Gasteiger partial charge in [-0.3, -0.25) is 9.69 Å². The fraction of sp³-hybridized carbons (Fsp3) is 0.522. The van der Waals surface area contributed by atoms with Gasteiger partial charge in [-0.05, 0) is 31.7 Å². The minimum atomic E-state index is -0.586. The highest BCUT2D eigenvalue weighted by atomic mass is 16.5. The summed E-state index contributed by atoms with van der Waals surface area (Å²) in [5.41, 5.74) is 1.61. The third-order valence-corrected chi connectivity index (χ3v) is 5.92. The predicted molar refractivity (Wildman–Crippen MR) is 118 cm³/mol. The van der Waals surface area contributed by atoms with Crippen LogP contribution in [0.5, 0.6) is 0 Å². The lowest BCUT2D eigenvalue weighted by molar-refractivity contribution is -0.173. The van der Waals surface area contributed by atoms with Gasteiger partial charge < -0.3 is 20.3 Å². The second kappa shape index (κ2) is 10.7. The van der Waals surface area contributed by atoms with Crippen LogP contribution in [0, 0.1) is 0 Å². The number of anilines is 1. The van der Waals surface area contributed by atoms with Crippen LogP contribution in [0.3, 0.4) is 0 Å². The van der Waals surface area contributed by atoms with E-state index in [9.17, 15) is 5.11 Å². The SMILES string of the molecule is CC1(O)CCOC2(CCN(Cc3cnc(NCc4ccccc4)nc3)CC2)C1.O=CO. The first-order valence-electron chi connectivity index (χ1n) is 10.7. The average molecular weight is 429 g/mol. The van der Waals surface area contributed by atoms with Gasteiger partial charge in [0.05, 0.1) is 17.8 Å². The molecule has 0 saturated carbocycles. The molecule has 3 N–H and O–H groups in total. The van der Waals surface area contributed by atoms with E-state index < -0.39 is 5.60 Å². The molecule has 2 aliphatic rings. The largest absolute Gasteiger partial charge is 0.483 e. The zero-order valence-electron chi connectivity index (χ0n) is 18.0. The van der Waals surface area contributed by atoms with Gasteiger partial charge in [0.25, 0.3) is 6.47 Å². The number of likely N-dealkylation sites (tertiary alicyclic amines) is 1. The van der Waals surface area contributed by atoms with Crippen molar-refractivity contribution in [2.45, 2.75) is 56.9 Å². The first-order chi connectivity index (χ1) is 14.9. The number of piperidine rings is 1. The number of carboxylic acid groups (broad SMARTS) is 1. The minimum absolute atomic E-state index is 0.139. The van der Waals surface area contributed by atoms with Crippen molar-refractivity contribution in [3.8, 4) is 0 Å². The van der Waals surface area contributed by atoms with Crippen LogP contribution in [-0.4, -0.2) is 62.5 Å². The monoisotopic (exact) mass is 428 g/mol. The van der Waals surface area contributed by atoms with E-state index in [0.717, 1.165) is 57.4 Å². The molecule has 1 atom stereocenters. The topological polar surface area (TPSA) is 108 Å². The van der Waals surface area contributed by atoms with Gasteiger partial charge in [0, 0.05) is 50.6 Å². The number of aliphatic hydroxyl groups is 1. The van der Waals surface area contributed by atoms with Crippen molar-refractivity contribution < 1.29 is 19.7 Å². The molecule has 2 saturated heterocycles. The van der Waals surface area contributed by atoms with E-state index in [1.807, 2.05) is 37.5 Å². The molecule has 1 unspecified atom stereocenters. The van der Waals surface area contributed by atoms with E-state index in [4.69, 9.17) is 14.6 Å². The Balaban J connectivity index is 0.000000858. The lowest BCUT2D eigenvalue weighted by Gasteiger charge is -2.48. The molecule has 1 spiro atoms. The molecule has 8 heteroatoms. The highest BCUT2D eigenvalue weighted by molar-refractivity contribution is 5.32. The Bertz CT molecular complexity index is 806. The van der Waals surface area contributed by atoms with Crippen LogP contribution >= 0.6 is 0 Å². The predicted octanol–water partition coefficient (Wildman–Crippen LogP) is 2.69. The second-order valence-electron chi connectivity index (χ2n) is 8.59. The molecule has 3 heterocycles. The van der Waals surface area contributed by atoms with Crippen molar-refractivity contribution in [2.75, 3.05) is 25.0 Å². The average Bonchev–Trinajstić information content (AvgIpc) is 2.76. The highest BCUT2D eigenvalue weighted by Gasteiger charge is 2.44. The lowest BCUT2D eigenvalue weighted by Crippen LogP contribution is -2.53. The Morgan fingerprint density at radius 1 is 1.13 bits per heavy atom. The maximum atomic E-state index is 10.4. The van der Waals surface area contributed by atoms with Crippen LogP contribution in [0.25, 0.3) is 0 Å². The summed E-state index contributed by atoms with van der Waals surface area (Å²) in [6, 6.07) is 10.2. The Morgan fingerprint density at radius 2 is 1.77 bits per heavy atom. The van der Waals surface area contributed by atoms with Crippen LogP contribution in [0.15, 0.2) is 42.7 Å². The molecular formula is C23H32N4O4. The van der Waals surface area contributed by atoms with Crippen molar-refractivity contribution in [1.29, 1.82) is 0 Å². The van der Waals surface area contributed by atoms with Gasteiger partial charge in [-0.1, -0.05) is 30.3 Å². The lowest BCUT2D eigenvalue weighted by atomic mass is 9.78. The summed E-state index contributed by atoms with van der Waals surface area (Å²) in [6.07, 6.45) is 7.25. The fourth-order valence-corrected chi connectivity index (χ4v) is 4.32. The number of nitrogens with zero attached hydrogens (tertiary/aromatic N) is 3. The van der Waals surface area contributed by atoms with Gasteiger partial charge in [-0.2, -0.15) is 0 Å². The van der Waals surface area contributed by atoms with Crippen molar-refractivity contribution in [1.82, 2.24) is 14.9 Å². The first-order valence-corrected chi connectivity index (χ1v) is 10.7. The van der Waals surface area contributed by atoms with Gasteiger partial charge in [-0.25, -0.2) is 9.97 Å². The van der Waals surface area contributed by atoms with Gasteiger partial charge in [-0.15, -0.1) is 0 Å². The summed E-state index contributed by atoms with van der Waals surface area (Å²) in [4.78, 5) is 19.7. The fourth-order valence-electron chi connectivity index (χ4n) is 4.32. The van der Waals surface area contributed by atoms with E-state index in [-0.39, 0.29) is 12.1 Å². The number of hydrogen-bond acceptors (Lipinski definition) is 7. The number of nitrogens with one attached hydrogen (secondary N) is 1. The Labute approximate surface area is 183 Å². The van der Waals surface area contributed by atoms with Crippen LogP contribution in [0.1, 0.15) is 43.7 Å². The van der Waals surface area contributed by atoms with Crippen LogP contribution in [0.2, 0.25) is 0 Å². The van der Waals surface area contributed by atoms with Crippen molar-refractivity contribution in [3.05, 3.63) is 53.9 Å². The Morgan fingerprint density at radius 3 is 2.39 bits per heavy atom. The van der Waals surface area contributed by atoms with Gasteiger partial charge in [0.2, 0.25) is 5.95 Å². The van der Waals surface area contributed by atoms with E-state index >= 15 is 0 Å². The van der Waals surface area contributed by atoms with Gasteiger partial charge in [0.1, 0.15) is 0 Å². The molecule has 0 aliphatic carbocycles. The van der Waals surface area contributed by atoms with E-state index in [2.05, 4.69) is 32.3 Å². The second-order valence-corrected chi connectivity index (χ2v) is 8.59. The van der Waals surface area contributed by atoms with Crippen molar-refractivity contribution in [2.24, 2.45) is 0 Å². The minimum Gasteiger partial charge on any atom is -0.483 e. The number of rotatable bonds is 5. The summed E-state index contributed by atoms with van der Waals surface area (Å²) < 4.78 is 6.10. The summed E-state index contributed by atoms with van der Waals surface area (Å²) in [5.74, 6) is 0.656. The van der Waals surface area contributed by atoms with Gasteiger partial charge in [0.15, 0.2) is 0 Å². The number of carbonyl (C=O) groups is 1. The standard InChI is InChI=1S/C22H30N4O2.CH2O2/c1-21(27)9-12-28-22(17-21)7-10-26(11-8-22)16-19-14-24-20(25-15-19)23-13-18-5-3-2-4-6-18;2-1-3/h2-6,14-15,27H,7-13,16-17H2,1H3,(H,23,24,25);1H,(H,2,3). The molecule has 4 rings (SSSR count). The molecule has 1 aromatic heterocycles. The molecule has 2 aromatic rings. The molecule has 2 aliphatic heterocycles. The molecule has 0 bridgehead atoms. The molecule has 1 aromatic carbocycles. The smallest absolute Gasteiger partial charge is 0.290 e. The highest BCUT2D eigenvalue weighted by Crippen LogP contribution is 2.39. The van der Waals surface area contributed by atoms with Crippen LogP contribution in [0.4, 0.5) is 5.95 Å². The Kier molecular flexibility index (Phi) is 7.95. The molecule has 0 amide bonds. The summed E-state index contributed by atoms with van der Waals surface area (Å²) >= 11 is 0. The van der Waals surface area contributed by atoms with Crippen LogP contribution < -0.4 is 5.32 Å². The first kappa shape index (κ1) is 23.1. The number of benzene rings is 1. The number of aromatic nitrogens is 2.